The van der Waals surface area contributed by atoms with Gasteiger partial charge in [0.2, 0.25) is 28.7 Å². The number of carbonyl (C=O) groups is 5. The maximum Gasteiger partial charge on any atom is 0.338 e. The lowest BCUT2D eigenvalue weighted by molar-refractivity contribution is -0.113. The zero-order chi connectivity index (χ0) is 90.7. The molecule has 21 rings (SSSR count). The number of phenolic OH excluding ortho intramolecular Hbond substituents is 5. The monoisotopic (exact) mass is 1760 g/mol. The van der Waals surface area contributed by atoms with Crippen LogP contribution in [0.4, 0.5) is 0 Å². The lowest BCUT2D eigenvalue weighted by atomic mass is 9.62. The highest BCUT2D eigenvalue weighted by Gasteiger charge is 2.63. The average molecular weight is 1760 g/mol. The number of esters is 1. The molecule has 0 spiro atoms. The Balaban J connectivity index is 0.907. The van der Waals surface area contributed by atoms with Gasteiger partial charge in [0.1, 0.15) is 12.7 Å². The molecule has 1 saturated heterocycles. The molecule has 0 aromatic heterocycles. The Hall–Kier alpha value is -17.4. The van der Waals surface area contributed by atoms with Crippen molar-refractivity contribution in [2.75, 3.05) is 6.61 Å². The van der Waals surface area contributed by atoms with E-state index in [-0.39, 0.29) is 56.0 Å². The second kappa shape index (κ2) is 31.6. The third kappa shape index (κ3) is 12.9. The summed E-state index contributed by atoms with van der Waals surface area (Å²) in [6.07, 6.45) is -4.81. The van der Waals surface area contributed by atoms with Gasteiger partial charge in [-0.3, -0.25) is 0 Å². The SMILES string of the molecule is O=C(OC[C@@H]1O[C@H](c2c(C(=O)O)cc(O)c3c2OC(c2ccccc2)(c2ccccc2)O3)[C@@H](c2c(C(=O)O)cc(O)c3c2OC(c2ccccc2)(c2ccccc2)O3)[C@H](c2c(C(=O)O)cc(O)c3c2OC(c2ccccc2)(c2ccccc2)O3)[C@@H]1c1c(C(=O)O)cc(O)c2c1OC(c1ccccc1)(c1ccccc1)O2)c1cc(O)c2c(c1)OC(c1ccccc1)(c1ccccc1)O2. The van der Waals surface area contributed by atoms with Crippen LogP contribution in [0.3, 0.4) is 0 Å². The molecule has 26 heteroatoms. The summed E-state index contributed by atoms with van der Waals surface area (Å²) in [6.45, 7) is -1.26. The summed E-state index contributed by atoms with van der Waals surface area (Å²) in [5, 5.41) is 115. The molecule has 0 bridgehead atoms. The molecular formula is C106H72O26. The van der Waals surface area contributed by atoms with Gasteiger partial charge >= 0.3 is 58.8 Å². The van der Waals surface area contributed by atoms with Crippen molar-refractivity contribution in [2.45, 2.75) is 58.9 Å². The van der Waals surface area contributed by atoms with E-state index in [9.17, 15) is 46.0 Å². The predicted molar refractivity (Wildman–Crippen MR) is 469 cm³/mol. The molecule has 0 unspecified atom stereocenters. The summed E-state index contributed by atoms with van der Waals surface area (Å²) in [5.74, 6) is -36.7. The highest BCUT2D eigenvalue weighted by Crippen LogP contribution is 2.72. The van der Waals surface area contributed by atoms with E-state index in [2.05, 4.69) is 0 Å². The van der Waals surface area contributed by atoms with Gasteiger partial charge in [-0.2, -0.15) is 0 Å². The minimum atomic E-state index is -2.50. The third-order valence-electron chi connectivity index (χ3n) is 24.7. The minimum Gasteiger partial charge on any atom is -0.504 e. The maximum absolute atomic E-state index is 16.2. The smallest absolute Gasteiger partial charge is 0.338 e. The summed E-state index contributed by atoms with van der Waals surface area (Å²) in [5.41, 5.74) is -4.23. The summed E-state index contributed by atoms with van der Waals surface area (Å²) in [7, 11) is 0. The van der Waals surface area contributed by atoms with Gasteiger partial charge in [-0.25, -0.2) is 24.0 Å². The molecule has 1 fully saturated rings. The Morgan fingerprint density at radius 1 is 0.250 bits per heavy atom. The number of phenols is 5. The Morgan fingerprint density at radius 2 is 0.470 bits per heavy atom. The fraction of sp³-hybridized carbons (Fsp3) is 0.104. The number of aromatic carboxylic acids is 4. The summed E-state index contributed by atoms with van der Waals surface area (Å²) in [6, 6.07) is 89.0. The van der Waals surface area contributed by atoms with Crippen LogP contribution in [0.2, 0.25) is 0 Å². The molecule has 9 N–H and O–H groups in total. The number of carboxylic acids is 4. The van der Waals surface area contributed by atoms with Crippen molar-refractivity contribution < 1.29 is 127 Å². The van der Waals surface area contributed by atoms with E-state index < -0.39 is 220 Å². The second-order valence-corrected chi connectivity index (χ2v) is 32.1. The van der Waals surface area contributed by atoms with Crippen LogP contribution in [0.25, 0.3) is 0 Å². The third-order valence-corrected chi connectivity index (χ3v) is 24.7. The van der Waals surface area contributed by atoms with E-state index in [0.717, 1.165) is 30.3 Å². The summed E-state index contributed by atoms with van der Waals surface area (Å²) < 4.78 is 86.9. The standard InChI is InChI=1S/C106H72O26/c107-73-51-58(52-78-87(73)124-102(123-78,59-31-11-1-12-32-59)60-33-13-2-14-34-60)101(120)121-57-79-84(80-69(97(112)113)53-74(108)88-93(80)129-103(125-88,61-35-15-3-16-36-61)62-37-17-4-18-38-62)85(81-70(98(114)115)54-75(109)89-94(81)130-104(126-89,63-39-19-5-20-40-63)64-41-21-6-22-42-64)86(82-71(99(116)117)55-76(110)90-95(82)131-105(127-90,65-43-23-7-24-44-65)66-45-25-8-26-46-66)92(122-79)83-72(100(118)119)56-77(111)91-96(83)132-106(128-91,67-47-27-9-28-48-67)68-49-29-10-30-50-68/h1-56,79,84-86,92,107-111H,57H2,(H,112,113)(H,114,115)(H,116,117)(H,118,119)/t79-,84-,85+,86-,92+/m0/s1. The van der Waals surface area contributed by atoms with Gasteiger partial charge in [-0.1, -0.05) is 303 Å². The van der Waals surface area contributed by atoms with Crippen LogP contribution in [-0.4, -0.2) is 88.5 Å². The van der Waals surface area contributed by atoms with Gasteiger partial charge in [0.25, 0.3) is 0 Å². The van der Waals surface area contributed by atoms with Gasteiger partial charge in [-0.05, 0) is 36.4 Å². The van der Waals surface area contributed by atoms with Crippen LogP contribution in [-0.2, 0) is 38.4 Å². The number of hydrogen-bond acceptors (Lipinski definition) is 22. The number of fused-ring (bicyclic) bond motifs is 5. The first kappa shape index (κ1) is 81.6. The number of carbonyl (C=O) groups excluding carboxylic acids is 1. The first-order chi connectivity index (χ1) is 64.1. The van der Waals surface area contributed by atoms with Gasteiger partial charge < -0.3 is 103 Å². The zero-order valence-corrected chi connectivity index (χ0v) is 68.9. The highest BCUT2D eigenvalue weighted by atomic mass is 16.8. The molecule has 6 heterocycles. The molecule has 15 aromatic rings. The molecule has 26 nitrogen and oxygen atoms in total. The number of aromatic hydroxyl groups is 5. The number of benzene rings is 15. The maximum atomic E-state index is 16.2. The van der Waals surface area contributed by atoms with Crippen molar-refractivity contribution in [3.05, 3.63) is 445 Å². The molecule has 0 amide bonds. The number of carboxylic acid groups (broad SMARTS) is 4. The number of hydrogen-bond donors (Lipinski definition) is 9. The Morgan fingerprint density at radius 3 is 0.742 bits per heavy atom. The molecule has 0 saturated carbocycles. The molecule has 0 aliphatic carbocycles. The molecular weight excluding hydrogens is 1690 g/mol. The van der Waals surface area contributed by atoms with Crippen LogP contribution in [0.1, 0.15) is 154 Å². The van der Waals surface area contributed by atoms with Crippen LogP contribution in [0.5, 0.6) is 86.2 Å². The van der Waals surface area contributed by atoms with Crippen LogP contribution < -0.4 is 47.4 Å². The average Bonchev–Trinajstić information content (AvgIpc) is 1.52. The lowest BCUT2D eigenvalue weighted by Crippen LogP contribution is -2.45. The van der Waals surface area contributed by atoms with Crippen molar-refractivity contribution in [3.8, 4) is 86.2 Å². The molecule has 15 aromatic carbocycles. The molecule has 0 radical (unpaired) electrons. The normalized spacial score (nSPS) is 18.2. The highest BCUT2D eigenvalue weighted by molar-refractivity contribution is 5.98. The van der Waals surface area contributed by atoms with E-state index >= 15 is 24.0 Å². The Bertz CT molecular complexity index is 6920. The van der Waals surface area contributed by atoms with Crippen molar-refractivity contribution >= 4 is 29.8 Å². The van der Waals surface area contributed by atoms with Crippen molar-refractivity contribution in [2.24, 2.45) is 0 Å². The second-order valence-electron chi connectivity index (χ2n) is 32.1. The fourth-order valence-electron chi connectivity index (χ4n) is 19.1. The molecule has 132 heavy (non-hydrogen) atoms. The van der Waals surface area contributed by atoms with Gasteiger partial charge in [0.05, 0.1) is 33.9 Å². The van der Waals surface area contributed by atoms with E-state index in [4.69, 9.17) is 56.8 Å². The first-order valence-corrected chi connectivity index (χ1v) is 41.8. The van der Waals surface area contributed by atoms with Gasteiger partial charge in [-0.15, -0.1) is 0 Å². The van der Waals surface area contributed by atoms with Crippen molar-refractivity contribution in [1.29, 1.82) is 0 Å². The number of ether oxygens (including phenoxy) is 12. The van der Waals surface area contributed by atoms with E-state index in [0.29, 0.717) is 11.1 Å². The Labute approximate surface area is 749 Å². The molecule has 652 valence electrons. The van der Waals surface area contributed by atoms with E-state index in [1.54, 1.807) is 303 Å². The largest absolute Gasteiger partial charge is 0.504 e. The fourth-order valence-corrected chi connectivity index (χ4v) is 19.1. The molecule has 6 aliphatic rings. The topological polar surface area (TPSA) is 378 Å². The number of rotatable bonds is 21. The predicted octanol–water partition coefficient (Wildman–Crippen LogP) is 19.0. The minimum absolute atomic E-state index is 0.184. The van der Waals surface area contributed by atoms with Crippen LogP contribution in [0, 0.1) is 0 Å². The van der Waals surface area contributed by atoms with Crippen LogP contribution in [0.15, 0.2) is 340 Å². The quantitative estimate of drug-likeness (QED) is 0.0302. The molecule has 5 atom stereocenters. The van der Waals surface area contributed by atoms with Crippen molar-refractivity contribution in [3.63, 3.8) is 0 Å². The first-order valence-electron chi connectivity index (χ1n) is 41.8. The summed E-state index contributed by atoms with van der Waals surface area (Å²) >= 11 is 0. The van der Waals surface area contributed by atoms with Crippen LogP contribution >= 0.6 is 0 Å². The van der Waals surface area contributed by atoms with Gasteiger partial charge in [0, 0.05) is 95.6 Å². The zero-order valence-electron chi connectivity index (χ0n) is 68.9. The Kier molecular flexibility index (Phi) is 19.5. The van der Waals surface area contributed by atoms with E-state index in [1.165, 1.54) is 6.07 Å². The van der Waals surface area contributed by atoms with Crippen molar-refractivity contribution in [1.82, 2.24) is 0 Å². The molecule has 6 aliphatic heterocycles. The summed E-state index contributed by atoms with van der Waals surface area (Å²) in [4.78, 5) is 78.6. The van der Waals surface area contributed by atoms with Gasteiger partial charge in [0.15, 0.2) is 57.5 Å². The lowest BCUT2D eigenvalue weighted by Gasteiger charge is -2.49. The van der Waals surface area contributed by atoms with E-state index in [1.807, 2.05) is 0 Å².